The molecule has 0 aliphatic heterocycles. The van der Waals surface area contributed by atoms with Crippen LogP contribution >= 0.6 is 0 Å². The number of carbonyl (C=O) groups is 1. The van der Waals surface area contributed by atoms with Crippen molar-refractivity contribution in [3.63, 3.8) is 0 Å². The van der Waals surface area contributed by atoms with Gasteiger partial charge in [-0.3, -0.25) is 4.79 Å². The minimum atomic E-state index is -4.48. The van der Waals surface area contributed by atoms with Crippen LogP contribution in [-0.2, 0) is 10.9 Å². The summed E-state index contributed by atoms with van der Waals surface area (Å²) in [4.78, 5) is 12.4. The summed E-state index contributed by atoms with van der Waals surface area (Å²) in [6.45, 7) is 0. The van der Waals surface area contributed by atoms with Crippen molar-refractivity contribution in [1.29, 1.82) is 0 Å². The smallest absolute Gasteiger partial charge is 0.369 e. The molecule has 0 fully saturated rings. The number of carbonyl (C=O) groups excluding carboxylic acids is 1. The van der Waals surface area contributed by atoms with E-state index in [0.29, 0.717) is 5.56 Å². The van der Waals surface area contributed by atoms with Crippen molar-refractivity contribution >= 4 is 5.78 Å². The van der Waals surface area contributed by atoms with Gasteiger partial charge in [0, 0.05) is 12.7 Å². The summed E-state index contributed by atoms with van der Waals surface area (Å²) in [5.41, 5.74) is -0.279. The number of hydrogen-bond acceptors (Lipinski definition) is 2. The van der Waals surface area contributed by atoms with Gasteiger partial charge < -0.3 is 4.74 Å². The number of benzene rings is 2. The van der Waals surface area contributed by atoms with E-state index >= 15 is 0 Å². The lowest BCUT2D eigenvalue weighted by molar-refractivity contribution is -0.137. The quantitative estimate of drug-likeness (QED) is 0.787. The van der Waals surface area contributed by atoms with E-state index in [1.807, 2.05) is 0 Å². The first kappa shape index (κ1) is 15.3. The number of ether oxygens (including phenoxy) is 1. The monoisotopic (exact) mass is 294 g/mol. The maximum absolute atomic E-state index is 12.7. The number of halogens is 3. The molecule has 0 aliphatic rings. The average Bonchev–Trinajstić information content (AvgIpc) is 2.48. The van der Waals surface area contributed by atoms with Gasteiger partial charge >= 0.3 is 6.18 Å². The van der Waals surface area contributed by atoms with Crippen molar-refractivity contribution in [1.82, 2.24) is 0 Å². The summed E-state index contributed by atoms with van der Waals surface area (Å²) in [7, 11) is 1.35. The Hall–Kier alpha value is -2.14. The van der Waals surface area contributed by atoms with E-state index in [-0.39, 0.29) is 5.56 Å². The number of ketones is 1. The summed E-state index contributed by atoms with van der Waals surface area (Å²) in [6.07, 6.45) is -5.40. The molecule has 0 saturated carbocycles. The second-order valence-electron chi connectivity index (χ2n) is 4.47. The fourth-order valence-electron chi connectivity index (χ4n) is 2.02. The number of methoxy groups -OCH3 is 1. The molecule has 2 nitrogen and oxygen atoms in total. The molecule has 110 valence electrons. The molecule has 1 unspecified atom stereocenters. The molecule has 0 heterocycles. The molecule has 0 amide bonds. The van der Waals surface area contributed by atoms with Gasteiger partial charge in [-0.05, 0) is 17.7 Å². The van der Waals surface area contributed by atoms with Gasteiger partial charge in [0.1, 0.15) is 6.10 Å². The molecule has 0 radical (unpaired) electrons. The molecule has 2 aromatic carbocycles. The molecule has 0 aromatic heterocycles. The number of rotatable bonds is 4. The van der Waals surface area contributed by atoms with Gasteiger partial charge in [-0.1, -0.05) is 42.5 Å². The molecule has 0 N–H and O–H groups in total. The van der Waals surface area contributed by atoms with Crippen molar-refractivity contribution < 1.29 is 22.7 Å². The topological polar surface area (TPSA) is 26.3 Å². The summed E-state index contributed by atoms with van der Waals surface area (Å²) < 4.78 is 43.2. The van der Waals surface area contributed by atoms with Crippen molar-refractivity contribution in [3.05, 3.63) is 71.3 Å². The Morgan fingerprint density at radius 3 is 2.29 bits per heavy atom. The van der Waals surface area contributed by atoms with E-state index in [2.05, 4.69) is 0 Å². The maximum Gasteiger partial charge on any atom is 0.416 e. The zero-order chi connectivity index (χ0) is 15.5. The third kappa shape index (κ3) is 3.49. The first-order valence-electron chi connectivity index (χ1n) is 6.22. The lowest BCUT2D eigenvalue weighted by Gasteiger charge is -2.15. The Labute approximate surface area is 120 Å². The van der Waals surface area contributed by atoms with Gasteiger partial charge in [0.05, 0.1) is 5.56 Å². The molecular weight excluding hydrogens is 281 g/mol. The van der Waals surface area contributed by atoms with E-state index in [0.717, 1.165) is 12.1 Å². The van der Waals surface area contributed by atoms with Crippen LogP contribution in [0.15, 0.2) is 54.6 Å². The predicted molar refractivity (Wildman–Crippen MR) is 72.0 cm³/mol. The van der Waals surface area contributed by atoms with Crippen LogP contribution in [0.1, 0.15) is 27.6 Å². The highest BCUT2D eigenvalue weighted by Crippen LogP contribution is 2.31. The molecule has 0 bridgehead atoms. The summed E-state index contributed by atoms with van der Waals surface area (Å²) in [5, 5.41) is 0. The van der Waals surface area contributed by atoms with Crippen LogP contribution in [-0.4, -0.2) is 12.9 Å². The Morgan fingerprint density at radius 2 is 1.71 bits per heavy atom. The van der Waals surface area contributed by atoms with E-state index in [9.17, 15) is 18.0 Å². The normalized spacial score (nSPS) is 13.0. The molecule has 5 heteroatoms. The molecule has 1 atom stereocenters. The number of alkyl halides is 3. The third-order valence-corrected chi connectivity index (χ3v) is 3.05. The van der Waals surface area contributed by atoms with Gasteiger partial charge in [-0.25, -0.2) is 0 Å². The Balaban J connectivity index is 2.35. The Morgan fingerprint density at radius 1 is 1.05 bits per heavy atom. The number of Topliss-reactive ketones (excluding diaryl/α,β-unsaturated/α-hetero) is 1. The molecule has 0 saturated heterocycles. The highest BCUT2D eigenvalue weighted by molar-refractivity contribution is 6.00. The third-order valence-electron chi connectivity index (χ3n) is 3.05. The molecule has 2 aromatic rings. The minimum absolute atomic E-state index is 0.0273. The minimum Gasteiger partial charge on any atom is -0.369 e. The number of hydrogen-bond donors (Lipinski definition) is 0. The summed E-state index contributed by atoms with van der Waals surface area (Å²) in [5.74, 6) is -0.505. The van der Waals surface area contributed by atoms with E-state index in [1.165, 1.54) is 19.2 Å². The SMILES string of the molecule is COC(C(=O)c1cccc(C(F)(F)F)c1)c1ccccc1. The summed E-state index contributed by atoms with van der Waals surface area (Å²) >= 11 is 0. The van der Waals surface area contributed by atoms with Gasteiger partial charge in [0.25, 0.3) is 0 Å². The maximum atomic E-state index is 12.7. The zero-order valence-electron chi connectivity index (χ0n) is 11.2. The predicted octanol–water partition coefficient (Wildman–Crippen LogP) is 4.28. The van der Waals surface area contributed by atoms with Gasteiger partial charge in [-0.15, -0.1) is 0 Å². The lowest BCUT2D eigenvalue weighted by Crippen LogP contribution is -2.16. The fourth-order valence-corrected chi connectivity index (χ4v) is 2.02. The largest absolute Gasteiger partial charge is 0.416 e. The Kier molecular flexibility index (Phi) is 4.43. The highest BCUT2D eigenvalue weighted by Gasteiger charge is 2.31. The van der Waals surface area contributed by atoms with Gasteiger partial charge in [0.2, 0.25) is 0 Å². The lowest BCUT2D eigenvalue weighted by atomic mass is 9.98. The molecule has 21 heavy (non-hydrogen) atoms. The van der Waals surface area contributed by atoms with Crippen LogP contribution in [0.25, 0.3) is 0 Å². The van der Waals surface area contributed by atoms with Crippen LogP contribution in [0.2, 0.25) is 0 Å². The highest BCUT2D eigenvalue weighted by atomic mass is 19.4. The van der Waals surface area contributed by atoms with Crippen LogP contribution < -0.4 is 0 Å². The van der Waals surface area contributed by atoms with Crippen molar-refractivity contribution in [2.75, 3.05) is 7.11 Å². The molecule has 0 aliphatic carbocycles. The molecule has 2 rings (SSSR count). The standard InChI is InChI=1S/C16H13F3O2/c1-21-15(11-6-3-2-4-7-11)14(20)12-8-5-9-13(10-12)16(17,18)19/h2-10,15H,1H3. The zero-order valence-corrected chi connectivity index (χ0v) is 11.2. The van der Waals surface area contributed by atoms with Crippen molar-refractivity contribution in [3.8, 4) is 0 Å². The van der Waals surface area contributed by atoms with Gasteiger partial charge in [0.15, 0.2) is 5.78 Å². The first-order valence-corrected chi connectivity index (χ1v) is 6.22. The second-order valence-corrected chi connectivity index (χ2v) is 4.47. The van der Waals surface area contributed by atoms with Gasteiger partial charge in [-0.2, -0.15) is 13.2 Å². The van der Waals surface area contributed by atoms with Crippen molar-refractivity contribution in [2.24, 2.45) is 0 Å². The van der Waals surface area contributed by atoms with Crippen LogP contribution in [0, 0.1) is 0 Å². The summed E-state index contributed by atoms with van der Waals surface area (Å²) in [6, 6.07) is 13.0. The Bertz CT molecular complexity index is 621. The average molecular weight is 294 g/mol. The van der Waals surface area contributed by atoms with Crippen LogP contribution in [0.5, 0.6) is 0 Å². The molecular formula is C16H13F3O2. The fraction of sp³-hybridized carbons (Fsp3) is 0.188. The van der Waals surface area contributed by atoms with E-state index in [1.54, 1.807) is 30.3 Å². The first-order chi connectivity index (χ1) is 9.93. The van der Waals surface area contributed by atoms with Crippen molar-refractivity contribution in [2.45, 2.75) is 12.3 Å². The molecule has 0 spiro atoms. The van der Waals surface area contributed by atoms with E-state index in [4.69, 9.17) is 4.74 Å². The van der Waals surface area contributed by atoms with E-state index < -0.39 is 23.6 Å². The van der Waals surface area contributed by atoms with Crippen LogP contribution in [0.4, 0.5) is 13.2 Å². The second kappa shape index (κ2) is 6.10. The van der Waals surface area contributed by atoms with Crippen LogP contribution in [0.3, 0.4) is 0 Å².